The number of carboxylic acids is 1. The van der Waals surface area contributed by atoms with E-state index in [1.807, 2.05) is 36.5 Å². The van der Waals surface area contributed by atoms with E-state index >= 15 is 0 Å². The molecule has 3 aliphatic rings. The van der Waals surface area contributed by atoms with Crippen LogP contribution in [0.5, 0.6) is 5.75 Å². The molecule has 216 valence electrons. The Labute approximate surface area is 248 Å². The summed E-state index contributed by atoms with van der Waals surface area (Å²) in [5.41, 5.74) is 5.15. The third-order valence-corrected chi connectivity index (χ3v) is 10.5. The lowest BCUT2D eigenvalue weighted by molar-refractivity contribution is -0.144. The maximum Gasteiger partial charge on any atom is 0.329 e. The maximum absolute atomic E-state index is 12.7. The number of pyridine rings is 1. The van der Waals surface area contributed by atoms with Crippen molar-refractivity contribution in [2.75, 3.05) is 11.9 Å². The van der Waals surface area contributed by atoms with Gasteiger partial charge in [0.2, 0.25) is 0 Å². The molecule has 0 bridgehead atoms. The zero-order valence-corrected chi connectivity index (χ0v) is 24.9. The van der Waals surface area contributed by atoms with Crippen molar-refractivity contribution in [3.05, 3.63) is 88.2 Å². The van der Waals surface area contributed by atoms with Gasteiger partial charge >= 0.3 is 5.97 Å². The van der Waals surface area contributed by atoms with Crippen LogP contribution < -0.4 is 10.1 Å². The van der Waals surface area contributed by atoms with Crippen LogP contribution in [0.4, 0.5) is 5.69 Å². The number of aromatic nitrogens is 1. The Morgan fingerprint density at radius 3 is 2.71 bits per heavy atom. The molecule has 6 heteroatoms. The third-order valence-electron chi connectivity index (χ3n) is 10.3. The molecule has 1 spiro atoms. The second-order valence-electron chi connectivity index (χ2n) is 12.7. The van der Waals surface area contributed by atoms with Crippen molar-refractivity contribution in [1.82, 2.24) is 4.98 Å². The Kier molecular flexibility index (Phi) is 7.76. The fraction of sp³-hybridized carbons (Fsp3) is 0.486. The first-order valence-electron chi connectivity index (χ1n) is 15.3. The minimum Gasteiger partial charge on any atom is -0.493 e. The van der Waals surface area contributed by atoms with Crippen LogP contribution in [-0.4, -0.2) is 28.2 Å². The number of hydrogen-bond acceptors (Lipinski definition) is 4. The number of nitrogens with zero attached hydrogens (tertiary/aromatic N) is 1. The van der Waals surface area contributed by atoms with Crippen LogP contribution in [0.25, 0.3) is 0 Å². The first kappa shape index (κ1) is 28.1. The van der Waals surface area contributed by atoms with E-state index in [9.17, 15) is 9.90 Å². The summed E-state index contributed by atoms with van der Waals surface area (Å²) in [4.78, 5) is 17.3. The van der Waals surface area contributed by atoms with Gasteiger partial charge in [0.15, 0.2) is 0 Å². The number of benzene rings is 2. The number of carboxylic acid groups (broad SMARTS) is 1. The summed E-state index contributed by atoms with van der Waals surface area (Å²) in [7, 11) is 0. The third kappa shape index (κ3) is 5.22. The van der Waals surface area contributed by atoms with Gasteiger partial charge in [0.05, 0.1) is 6.61 Å². The minimum atomic E-state index is -0.996. The van der Waals surface area contributed by atoms with Gasteiger partial charge in [-0.3, -0.25) is 4.98 Å². The quantitative estimate of drug-likeness (QED) is 0.270. The van der Waals surface area contributed by atoms with E-state index in [4.69, 9.17) is 16.3 Å². The van der Waals surface area contributed by atoms with Gasteiger partial charge in [-0.15, -0.1) is 0 Å². The van der Waals surface area contributed by atoms with Crippen molar-refractivity contribution < 1.29 is 14.6 Å². The van der Waals surface area contributed by atoms with Gasteiger partial charge in [-0.05, 0) is 116 Å². The number of anilines is 1. The first-order valence-corrected chi connectivity index (χ1v) is 15.7. The molecule has 0 saturated heterocycles. The molecule has 1 heterocycles. The molecule has 1 aromatic heterocycles. The van der Waals surface area contributed by atoms with Crippen LogP contribution in [-0.2, 0) is 23.1 Å². The molecule has 3 aromatic rings. The summed E-state index contributed by atoms with van der Waals surface area (Å²) < 4.78 is 6.51. The molecule has 2 N–H and O–H groups in total. The van der Waals surface area contributed by atoms with Crippen LogP contribution in [0.3, 0.4) is 0 Å². The molecular weight excluding hydrogens is 532 g/mol. The van der Waals surface area contributed by atoms with E-state index in [-0.39, 0.29) is 5.41 Å². The average molecular weight is 573 g/mol. The van der Waals surface area contributed by atoms with Crippen LogP contribution in [0.15, 0.2) is 60.8 Å². The van der Waals surface area contributed by atoms with Gasteiger partial charge in [-0.25, -0.2) is 4.79 Å². The van der Waals surface area contributed by atoms with Crippen LogP contribution >= 0.6 is 11.6 Å². The van der Waals surface area contributed by atoms with Crippen molar-refractivity contribution >= 4 is 23.3 Å². The van der Waals surface area contributed by atoms with Crippen molar-refractivity contribution in [3.8, 4) is 5.75 Å². The van der Waals surface area contributed by atoms with Crippen molar-refractivity contribution in [2.24, 2.45) is 11.8 Å². The summed E-state index contributed by atoms with van der Waals surface area (Å²) in [6.45, 7) is 5.25. The van der Waals surface area contributed by atoms with Gasteiger partial charge in [0, 0.05) is 28.2 Å². The summed E-state index contributed by atoms with van der Waals surface area (Å²) in [6, 6.07) is 18.3. The number of aliphatic carboxylic acids is 1. The first-order chi connectivity index (χ1) is 19.8. The molecule has 1 saturated carbocycles. The number of aryl methyl sites for hydroxylation is 1. The average Bonchev–Trinajstić information content (AvgIpc) is 3.53. The number of halogens is 1. The van der Waals surface area contributed by atoms with Crippen molar-refractivity contribution in [1.29, 1.82) is 0 Å². The highest BCUT2D eigenvalue weighted by atomic mass is 35.5. The van der Waals surface area contributed by atoms with Crippen molar-refractivity contribution in [3.63, 3.8) is 0 Å². The zero-order chi connectivity index (χ0) is 28.6. The standard InChI is InChI=1S/C35H41ClN2O3/c1-3-24-11-12-30-32(24)31(13-18-37-30)41-22-23(2)19-26-20-25-7-4-5-10-29(25)34(26)14-16-35(17-15-34,33(39)40)38-28-9-6-8-27(36)21-28/h4-10,13,18,21,23-24,26,38H,3,11-12,14-17,19-20,22H2,1-2H3,(H,39,40)/t23-,24+,26+,34?,35?/m1/s1. The lowest BCUT2D eigenvalue weighted by atomic mass is 9.59. The van der Waals surface area contributed by atoms with E-state index in [2.05, 4.69) is 48.4 Å². The van der Waals surface area contributed by atoms with E-state index < -0.39 is 11.5 Å². The fourth-order valence-corrected chi connectivity index (χ4v) is 8.31. The van der Waals surface area contributed by atoms with Gasteiger partial charge in [-0.2, -0.15) is 0 Å². The SMILES string of the molecule is CC[C@H]1CCc2nccc(OC[C@H](C)C[C@H]3Cc4ccccc4C34CCC(Nc3cccc(Cl)c3)(C(=O)O)CC4)c21. The highest BCUT2D eigenvalue weighted by Crippen LogP contribution is 2.56. The molecule has 0 amide bonds. The smallest absolute Gasteiger partial charge is 0.329 e. The highest BCUT2D eigenvalue weighted by Gasteiger charge is 2.54. The molecule has 41 heavy (non-hydrogen) atoms. The van der Waals surface area contributed by atoms with Gasteiger partial charge in [0.25, 0.3) is 0 Å². The Morgan fingerprint density at radius 2 is 1.95 bits per heavy atom. The predicted molar refractivity (Wildman–Crippen MR) is 164 cm³/mol. The Hall–Kier alpha value is -3.05. The molecule has 0 radical (unpaired) electrons. The molecule has 3 atom stereocenters. The van der Waals surface area contributed by atoms with Crippen LogP contribution in [0.1, 0.15) is 87.1 Å². The molecule has 0 unspecified atom stereocenters. The molecule has 1 fully saturated rings. The number of hydrogen-bond donors (Lipinski definition) is 2. The van der Waals surface area contributed by atoms with E-state index in [1.54, 1.807) is 0 Å². The molecular formula is C35H41ClN2O3. The van der Waals surface area contributed by atoms with Gasteiger partial charge < -0.3 is 15.2 Å². The summed E-state index contributed by atoms with van der Waals surface area (Å²) in [5.74, 6) is 1.63. The highest BCUT2D eigenvalue weighted by molar-refractivity contribution is 6.30. The van der Waals surface area contributed by atoms with Gasteiger partial charge in [0.1, 0.15) is 11.3 Å². The Morgan fingerprint density at radius 1 is 1.15 bits per heavy atom. The van der Waals surface area contributed by atoms with Crippen LogP contribution in [0, 0.1) is 11.8 Å². The summed E-state index contributed by atoms with van der Waals surface area (Å²) >= 11 is 6.22. The van der Waals surface area contributed by atoms with E-state index in [0.717, 1.165) is 50.0 Å². The van der Waals surface area contributed by atoms with E-state index in [1.165, 1.54) is 28.8 Å². The van der Waals surface area contributed by atoms with Crippen molar-refractivity contribution in [2.45, 2.75) is 88.5 Å². The second kappa shape index (κ2) is 11.3. The number of rotatable bonds is 9. The van der Waals surface area contributed by atoms with Crippen LogP contribution in [0.2, 0.25) is 5.02 Å². The lowest BCUT2D eigenvalue weighted by Gasteiger charge is -2.47. The molecule has 3 aliphatic carbocycles. The minimum absolute atomic E-state index is 0.00889. The largest absolute Gasteiger partial charge is 0.493 e. The lowest BCUT2D eigenvalue weighted by Crippen LogP contribution is -2.53. The second-order valence-corrected chi connectivity index (χ2v) is 13.1. The maximum atomic E-state index is 12.7. The summed E-state index contributed by atoms with van der Waals surface area (Å²) in [5, 5.41) is 14.4. The fourth-order valence-electron chi connectivity index (χ4n) is 8.12. The van der Waals surface area contributed by atoms with E-state index in [0.29, 0.717) is 42.2 Å². The molecule has 2 aromatic carbocycles. The Bertz CT molecular complexity index is 1410. The Balaban J connectivity index is 1.19. The predicted octanol–water partition coefficient (Wildman–Crippen LogP) is 8.20. The summed E-state index contributed by atoms with van der Waals surface area (Å²) in [6.07, 6.45) is 10.2. The molecule has 5 nitrogen and oxygen atoms in total. The number of fused-ring (bicyclic) bond motifs is 3. The van der Waals surface area contributed by atoms with Gasteiger partial charge in [-0.1, -0.05) is 55.8 Å². The number of ether oxygens (including phenoxy) is 1. The number of nitrogens with one attached hydrogen (secondary N) is 1. The molecule has 0 aliphatic heterocycles. The topological polar surface area (TPSA) is 71.5 Å². The molecule has 6 rings (SSSR count). The monoisotopic (exact) mass is 572 g/mol. The number of carbonyl (C=O) groups is 1. The zero-order valence-electron chi connectivity index (χ0n) is 24.2. The normalized spacial score (nSPS) is 27.3.